The summed E-state index contributed by atoms with van der Waals surface area (Å²) in [5, 5.41) is 4.27. The Balaban J connectivity index is 1.40. The van der Waals surface area contributed by atoms with Crippen molar-refractivity contribution in [3.63, 3.8) is 0 Å². The van der Waals surface area contributed by atoms with E-state index in [4.69, 9.17) is 4.74 Å². The zero-order chi connectivity index (χ0) is 15.6. The number of pyridine rings is 1. The van der Waals surface area contributed by atoms with Gasteiger partial charge in [-0.15, -0.1) is 0 Å². The smallest absolute Gasteiger partial charge is 0.156 e. The Labute approximate surface area is 137 Å². The Hall–Kier alpha value is -1.72. The molecule has 4 heterocycles. The fraction of sp³-hybridized carbons (Fsp3) is 0.556. The molecule has 0 saturated carbocycles. The van der Waals surface area contributed by atoms with Crippen LogP contribution in [-0.2, 0) is 11.3 Å². The van der Waals surface area contributed by atoms with Crippen LogP contribution in [0.25, 0.3) is 5.82 Å². The second-order valence-electron chi connectivity index (χ2n) is 6.84. The molecule has 5 nitrogen and oxygen atoms in total. The highest BCUT2D eigenvalue weighted by molar-refractivity contribution is 5.34. The molecule has 0 aliphatic carbocycles. The number of hydrogen-bond donors (Lipinski definition) is 0. The molecule has 23 heavy (non-hydrogen) atoms. The van der Waals surface area contributed by atoms with Crippen molar-refractivity contribution in [2.45, 2.75) is 26.3 Å². The Kier molecular flexibility index (Phi) is 4.14. The molecule has 2 fully saturated rings. The molecule has 2 aromatic rings. The largest absolute Gasteiger partial charge is 0.381 e. The SMILES string of the molecule is Cc1cc(CN2CCC(C3CCOC3)C2)cnc1-n1cccn1. The summed E-state index contributed by atoms with van der Waals surface area (Å²) in [6.07, 6.45) is 8.27. The lowest BCUT2D eigenvalue weighted by Gasteiger charge is -2.19. The van der Waals surface area contributed by atoms with Crippen LogP contribution in [0.5, 0.6) is 0 Å². The zero-order valence-corrected chi connectivity index (χ0v) is 13.7. The second kappa shape index (κ2) is 6.42. The van der Waals surface area contributed by atoms with E-state index in [-0.39, 0.29) is 0 Å². The monoisotopic (exact) mass is 312 g/mol. The van der Waals surface area contributed by atoms with Gasteiger partial charge in [0.05, 0.1) is 0 Å². The summed E-state index contributed by atoms with van der Waals surface area (Å²) >= 11 is 0. The van der Waals surface area contributed by atoms with Crippen LogP contribution in [0.3, 0.4) is 0 Å². The Morgan fingerprint density at radius 3 is 3.00 bits per heavy atom. The van der Waals surface area contributed by atoms with Gasteiger partial charge in [-0.25, -0.2) is 9.67 Å². The van der Waals surface area contributed by atoms with Gasteiger partial charge in [-0.2, -0.15) is 5.10 Å². The van der Waals surface area contributed by atoms with E-state index in [1.165, 1.54) is 37.1 Å². The minimum absolute atomic E-state index is 0.780. The lowest BCUT2D eigenvalue weighted by atomic mass is 9.91. The van der Waals surface area contributed by atoms with Gasteiger partial charge in [0.1, 0.15) is 0 Å². The molecule has 122 valence electrons. The molecule has 0 N–H and O–H groups in total. The number of likely N-dealkylation sites (tertiary alicyclic amines) is 1. The molecular formula is C18H24N4O. The average molecular weight is 312 g/mol. The highest BCUT2D eigenvalue weighted by atomic mass is 16.5. The summed E-state index contributed by atoms with van der Waals surface area (Å²) in [4.78, 5) is 7.18. The highest BCUT2D eigenvalue weighted by Gasteiger charge is 2.31. The lowest BCUT2D eigenvalue weighted by Crippen LogP contribution is -2.23. The van der Waals surface area contributed by atoms with Gasteiger partial charge in [0.25, 0.3) is 0 Å². The molecule has 0 bridgehead atoms. The van der Waals surface area contributed by atoms with Crippen LogP contribution in [0.1, 0.15) is 24.0 Å². The molecule has 0 aromatic carbocycles. The van der Waals surface area contributed by atoms with Gasteiger partial charge in [-0.1, -0.05) is 0 Å². The predicted molar refractivity (Wildman–Crippen MR) is 88.4 cm³/mol. The molecule has 0 spiro atoms. The van der Waals surface area contributed by atoms with Crippen molar-refractivity contribution in [1.82, 2.24) is 19.7 Å². The van der Waals surface area contributed by atoms with E-state index in [0.29, 0.717) is 0 Å². The number of nitrogens with zero attached hydrogens (tertiary/aromatic N) is 4. The van der Waals surface area contributed by atoms with E-state index >= 15 is 0 Å². The molecule has 2 aliphatic heterocycles. The van der Waals surface area contributed by atoms with Gasteiger partial charge in [0.2, 0.25) is 0 Å². The first-order chi connectivity index (χ1) is 11.3. The average Bonchev–Trinajstić information content (AvgIpc) is 3.30. The summed E-state index contributed by atoms with van der Waals surface area (Å²) in [6.45, 7) is 7.43. The normalized spacial score (nSPS) is 25.3. The molecule has 5 heteroatoms. The van der Waals surface area contributed by atoms with E-state index in [0.717, 1.165) is 37.4 Å². The minimum Gasteiger partial charge on any atom is -0.381 e. The number of aromatic nitrogens is 3. The molecule has 2 unspecified atom stereocenters. The molecular weight excluding hydrogens is 288 g/mol. The molecule has 4 rings (SSSR count). The van der Waals surface area contributed by atoms with Gasteiger partial charge in [-0.3, -0.25) is 4.90 Å². The van der Waals surface area contributed by atoms with Crippen LogP contribution in [0.4, 0.5) is 0 Å². The highest BCUT2D eigenvalue weighted by Crippen LogP contribution is 2.30. The van der Waals surface area contributed by atoms with Crippen LogP contribution in [-0.4, -0.2) is 46.0 Å². The van der Waals surface area contributed by atoms with Crippen LogP contribution in [0.15, 0.2) is 30.7 Å². The summed E-state index contributed by atoms with van der Waals surface area (Å²) in [6, 6.07) is 4.17. The standard InChI is InChI=1S/C18H24N4O/c1-14-9-15(10-19-18(14)22-6-2-5-20-22)11-21-7-3-16(12-21)17-4-8-23-13-17/h2,5-6,9-10,16-17H,3-4,7-8,11-13H2,1H3. The maximum Gasteiger partial charge on any atom is 0.156 e. The van der Waals surface area contributed by atoms with Crippen molar-refractivity contribution in [2.24, 2.45) is 11.8 Å². The van der Waals surface area contributed by atoms with Crippen LogP contribution >= 0.6 is 0 Å². The third-order valence-corrected chi connectivity index (χ3v) is 5.18. The van der Waals surface area contributed by atoms with Gasteiger partial charge >= 0.3 is 0 Å². The molecule has 2 aliphatic rings. The number of ether oxygens (including phenoxy) is 1. The quantitative estimate of drug-likeness (QED) is 0.870. The fourth-order valence-corrected chi connectivity index (χ4v) is 3.92. The van der Waals surface area contributed by atoms with Crippen molar-refractivity contribution in [1.29, 1.82) is 0 Å². The fourth-order valence-electron chi connectivity index (χ4n) is 3.92. The molecule has 2 aromatic heterocycles. The zero-order valence-electron chi connectivity index (χ0n) is 13.7. The van der Waals surface area contributed by atoms with Gasteiger partial charge in [-0.05, 0) is 61.4 Å². The third-order valence-electron chi connectivity index (χ3n) is 5.18. The van der Waals surface area contributed by atoms with E-state index in [1.807, 2.05) is 23.1 Å². The summed E-state index contributed by atoms with van der Waals surface area (Å²) in [7, 11) is 0. The van der Waals surface area contributed by atoms with Crippen molar-refractivity contribution in [2.75, 3.05) is 26.3 Å². The first-order valence-corrected chi connectivity index (χ1v) is 8.55. The van der Waals surface area contributed by atoms with Crippen LogP contribution in [0.2, 0.25) is 0 Å². The third kappa shape index (κ3) is 3.16. The molecule has 2 saturated heterocycles. The first-order valence-electron chi connectivity index (χ1n) is 8.55. The topological polar surface area (TPSA) is 43.2 Å². The minimum atomic E-state index is 0.780. The summed E-state index contributed by atoms with van der Waals surface area (Å²) in [5.74, 6) is 2.51. The first kappa shape index (κ1) is 14.8. The van der Waals surface area contributed by atoms with E-state index in [9.17, 15) is 0 Å². The summed E-state index contributed by atoms with van der Waals surface area (Å²) < 4.78 is 7.38. The van der Waals surface area contributed by atoms with Gasteiger partial charge in [0, 0.05) is 44.9 Å². The van der Waals surface area contributed by atoms with Gasteiger partial charge in [0.15, 0.2) is 5.82 Å². The Morgan fingerprint density at radius 2 is 2.26 bits per heavy atom. The van der Waals surface area contributed by atoms with E-state index < -0.39 is 0 Å². The molecule has 0 amide bonds. The number of rotatable bonds is 4. The lowest BCUT2D eigenvalue weighted by molar-refractivity contribution is 0.171. The maximum atomic E-state index is 5.55. The summed E-state index contributed by atoms with van der Waals surface area (Å²) in [5.41, 5.74) is 2.47. The van der Waals surface area contributed by atoms with Crippen molar-refractivity contribution < 1.29 is 4.74 Å². The maximum absolute atomic E-state index is 5.55. The van der Waals surface area contributed by atoms with E-state index in [2.05, 4.69) is 28.0 Å². The molecule has 2 atom stereocenters. The Morgan fingerprint density at radius 1 is 1.30 bits per heavy atom. The van der Waals surface area contributed by atoms with Crippen LogP contribution in [0, 0.1) is 18.8 Å². The van der Waals surface area contributed by atoms with Crippen LogP contribution < -0.4 is 0 Å². The van der Waals surface area contributed by atoms with Crippen molar-refractivity contribution >= 4 is 0 Å². The van der Waals surface area contributed by atoms with Gasteiger partial charge < -0.3 is 4.74 Å². The number of hydrogen-bond acceptors (Lipinski definition) is 4. The van der Waals surface area contributed by atoms with Crippen molar-refractivity contribution in [3.05, 3.63) is 41.9 Å². The van der Waals surface area contributed by atoms with Crippen molar-refractivity contribution in [3.8, 4) is 5.82 Å². The number of aryl methyl sites for hydroxylation is 1. The van der Waals surface area contributed by atoms with E-state index in [1.54, 1.807) is 6.20 Å². The Bertz CT molecular complexity index is 649. The predicted octanol–water partition coefficient (Wildman–Crippen LogP) is 2.43. The molecule has 0 radical (unpaired) electrons. The second-order valence-corrected chi connectivity index (χ2v) is 6.84.